The fourth-order valence-electron chi connectivity index (χ4n) is 3.00. The van der Waals surface area contributed by atoms with Gasteiger partial charge in [-0.15, -0.1) is 0 Å². The third-order valence-electron chi connectivity index (χ3n) is 3.70. The highest BCUT2D eigenvalue weighted by molar-refractivity contribution is 5.23. The van der Waals surface area contributed by atoms with Gasteiger partial charge in [-0.2, -0.15) is 0 Å². The fourth-order valence-corrected chi connectivity index (χ4v) is 3.00. The van der Waals surface area contributed by atoms with Crippen LogP contribution in [-0.4, -0.2) is 5.54 Å². The summed E-state index contributed by atoms with van der Waals surface area (Å²) in [5.41, 5.74) is 1.63. The van der Waals surface area contributed by atoms with Crippen molar-refractivity contribution >= 4 is 0 Å². The van der Waals surface area contributed by atoms with Gasteiger partial charge in [0.2, 0.25) is 0 Å². The Bertz CT molecular complexity index is 209. The molecule has 4 atom stereocenters. The summed E-state index contributed by atoms with van der Waals surface area (Å²) >= 11 is 0. The number of rotatable bonds is 0. The monoisotopic (exact) mass is 151 g/mol. The molecule has 11 heavy (non-hydrogen) atoms. The van der Waals surface area contributed by atoms with Crippen molar-refractivity contribution in [2.75, 3.05) is 0 Å². The minimum absolute atomic E-state index is 0.398. The molecule has 0 aromatic rings. The molecular weight excluding hydrogens is 134 g/mol. The molecule has 0 bridgehead atoms. The molecule has 1 aliphatic heterocycles. The molecule has 0 spiro atoms. The third kappa shape index (κ3) is 0.770. The van der Waals surface area contributed by atoms with Crippen molar-refractivity contribution in [2.24, 2.45) is 17.8 Å². The summed E-state index contributed by atoms with van der Waals surface area (Å²) in [5.74, 6) is 2.58. The molecule has 2 fully saturated rings. The van der Waals surface area contributed by atoms with Gasteiger partial charge in [-0.25, -0.2) is 0 Å². The van der Waals surface area contributed by atoms with Crippen molar-refractivity contribution in [3.05, 3.63) is 12.3 Å². The summed E-state index contributed by atoms with van der Waals surface area (Å²) in [4.78, 5) is 0. The average molecular weight is 151 g/mol. The second kappa shape index (κ2) is 1.82. The van der Waals surface area contributed by atoms with E-state index in [1.165, 1.54) is 12.1 Å². The molecule has 1 N–H and O–H groups in total. The lowest BCUT2D eigenvalue weighted by atomic mass is 9.93. The van der Waals surface area contributed by atoms with Gasteiger partial charge in [-0.3, -0.25) is 0 Å². The Morgan fingerprint density at radius 1 is 1.55 bits per heavy atom. The van der Waals surface area contributed by atoms with Gasteiger partial charge < -0.3 is 5.32 Å². The first kappa shape index (κ1) is 7.20. The van der Waals surface area contributed by atoms with E-state index in [0.717, 1.165) is 17.8 Å². The zero-order chi connectivity index (χ0) is 8.22. The zero-order valence-corrected chi connectivity index (χ0v) is 7.65. The first-order chi connectivity index (χ1) is 5.05. The normalized spacial score (nSPS) is 54.8. The smallest absolute Gasteiger partial charge is 0.0405 e. The molecule has 0 radical (unpaired) electrons. The molecule has 2 aliphatic rings. The number of nitrogens with one attached hydrogen (secondary N) is 1. The average Bonchev–Trinajstić information content (AvgIpc) is 2.33. The Hall–Kier alpha value is -0.460. The van der Waals surface area contributed by atoms with E-state index in [1.54, 1.807) is 0 Å². The van der Waals surface area contributed by atoms with Crippen molar-refractivity contribution < 1.29 is 0 Å². The number of hydrogen-bond donors (Lipinski definition) is 1. The molecule has 1 saturated carbocycles. The van der Waals surface area contributed by atoms with E-state index in [9.17, 15) is 0 Å². The molecule has 1 saturated heterocycles. The van der Waals surface area contributed by atoms with Gasteiger partial charge in [0, 0.05) is 11.2 Å². The molecule has 0 aromatic carbocycles. The summed E-state index contributed by atoms with van der Waals surface area (Å²) in [6.07, 6.45) is 1.17. The highest BCUT2D eigenvalue weighted by Gasteiger charge is 2.62. The van der Waals surface area contributed by atoms with Crippen molar-refractivity contribution in [2.45, 2.75) is 32.7 Å². The van der Waals surface area contributed by atoms with Gasteiger partial charge in [0.05, 0.1) is 0 Å². The lowest BCUT2D eigenvalue weighted by molar-refractivity contribution is 0.367. The SMILES string of the molecule is C=C1C[C@H](C)[C@H]2[C@H](C)[C@@]2(C)N1. The Morgan fingerprint density at radius 3 is 2.73 bits per heavy atom. The molecule has 62 valence electrons. The van der Waals surface area contributed by atoms with E-state index < -0.39 is 0 Å². The standard InChI is InChI=1S/C10H17N/c1-6-5-7(2)11-10(4)8(3)9(6)10/h6,8-9,11H,2,5H2,1,3-4H3/t6-,8-,9-,10+/m0/s1. The highest BCUT2D eigenvalue weighted by atomic mass is 15.1. The Labute approximate surface area is 68.9 Å². The Balaban J connectivity index is 2.20. The number of piperidine rings is 1. The van der Waals surface area contributed by atoms with E-state index in [1.807, 2.05) is 0 Å². The van der Waals surface area contributed by atoms with Gasteiger partial charge in [-0.05, 0) is 31.1 Å². The molecule has 2 rings (SSSR count). The van der Waals surface area contributed by atoms with Crippen molar-refractivity contribution in [3.63, 3.8) is 0 Å². The molecule has 0 amide bonds. The number of hydrogen-bond acceptors (Lipinski definition) is 1. The van der Waals surface area contributed by atoms with Crippen molar-refractivity contribution in [3.8, 4) is 0 Å². The maximum atomic E-state index is 4.01. The van der Waals surface area contributed by atoms with Crippen LogP contribution in [0.3, 0.4) is 0 Å². The molecule has 1 heterocycles. The van der Waals surface area contributed by atoms with Crippen LogP contribution in [0.4, 0.5) is 0 Å². The molecule has 1 nitrogen and oxygen atoms in total. The first-order valence-corrected chi connectivity index (χ1v) is 4.51. The van der Waals surface area contributed by atoms with Gasteiger partial charge in [0.25, 0.3) is 0 Å². The maximum Gasteiger partial charge on any atom is 0.0405 e. The minimum Gasteiger partial charge on any atom is -0.383 e. The van der Waals surface area contributed by atoms with E-state index >= 15 is 0 Å². The Kier molecular flexibility index (Phi) is 1.19. The van der Waals surface area contributed by atoms with Crippen LogP contribution in [0.2, 0.25) is 0 Å². The lowest BCUT2D eigenvalue weighted by Crippen LogP contribution is -2.36. The topological polar surface area (TPSA) is 12.0 Å². The predicted octanol–water partition coefficient (Wildman–Crippen LogP) is 2.15. The van der Waals surface area contributed by atoms with E-state index in [4.69, 9.17) is 0 Å². The quantitative estimate of drug-likeness (QED) is 0.559. The molecular formula is C10H17N. The van der Waals surface area contributed by atoms with Gasteiger partial charge in [-0.1, -0.05) is 20.4 Å². The molecule has 1 aliphatic carbocycles. The van der Waals surface area contributed by atoms with E-state index in [-0.39, 0.29) is 0 Å². The van der Waals surface area contributed by atoms with Gasteiger partial charge in [0.15, 0.2) is 0 Å². The van der Waals surface area contributed by atoms with E-state index in [0.29, 0.717) is 5.54 Å². The second-order valence-corrected chi connectivity index (χ2v) is 4.51. The van der Waals surface area contributed by atoms with Crippen LogP contribution in [0.5, 0.6) is 0 Å². The third-order valence-corrected chi connectivity index (χ3v) is 3.70. The van der Waals surface area contributed by atoms with Crippen LogP contribution in [0.1, 0.15) is 27.2 Å². The van der Waals surface area contributed by atoms with Crippen LogP contribution in [0.25, 0.3) is 0 Å². The maximum absolute atomic E-state index is 4.01. The van der Waals surface area contributed by atoms with Crippen LogP contribution in [0, 0.1) is 17.8 Å². The highest BCUT2D eigenvalue weighted by Crippen LogP contribution is 2.58. The minimum atomic E-state index is 0.398. The summed E-state index contributed by atoms with van der Waals surface area (Å²) in [7, 11) is 0. The summed E-state index contributed by atoms with van der Waals surface area (Å²) in [5, 5.41) is 3.52. The summed E-state index contributed by atoms with van der Waals surface area (Å²) in [6.45, 7) is 11.0. The van der Waals surface area contributed by atoms with Crippen molar-refractivity contribution in [1.29, 1.82) is 0 Å². The molecule has 1 heteroatoms. The van der Waals surface area contributed by atoms with Crippen molar-refractivity contribution in [1.82, 2.24) is 5.32 Å². The van der Waals surface area contributed by atoms with Crippen LogP contribution in [0.15, 0.2) is 12.3 Å². The largest absolute Gasteiger partial charge is 0.383 e. The molecule has 0 unspecified atom stereocenters. The van der Waals surface area contributed by atoms with Gasteiger partial charge in [0.1, 0.15) is 0 Å². The van der Waals surface area contributed by atoms with E-state index in [2.05, 4.69) is 32.7 Å². The zero-order valence-electron chi connectivity index (χ0n) is 7.65. The summed E-state index contributed by atoms with van der Waals surface area (Å²) < 4.78 is 0. The van der Waals surface area contributed by atoms with Crippen LogP contribution in [-0.2, 0) is 0 Å². The predicted molar refractivity (Wildman–Crippen MR) is 47.1 cm³/mol. The van der Waals surface area contributed by atoms with Gasteiger partial charge >= 0.3 is 0 Å². The Morgan fingerprint density at radius 2 is 2.18 bits per heavy atom. The number of allylic oxidation sites excluding steroid dienone is 1. The fraction of sp³-hybridized carbons (Fsp3) is 0.800. The number of fused-ring (bicyclic) bond motifs is 1. The van der Waals surface area contributed by atoms with Crippen LogP contribution >= 0.6 is 0 Å². The van der Waals surface area contributed by atoms with Crippen LogP contribution < -0.4 is 5.32 Å². The first-order valence-electron chi connectivity index (χ1n) is 4.51. The second-order valence-electron chi connectivity index (χ2n) is 4.51. The molecule has 0 aromatic heterocycles. The summed E-state index contributed by atoms with van der Waals surface area (Å²) in [6, 6.07) is 0. The lowest BCUT2D eigenvalue weighted by Gasteiger charge is -2.27.